The van der Waals surface area contributed by atoms with Gasteiger partial charge in [0.15, 0.2) is 0 Å². The molecule has 0 amide bonds. The van der Waals surface area contributed by atoms with Gasteiger partial charge >= 0.3 is 0 Å². The van der Waals surface area contributed by atoms with E-state index in [4.69, 9.17) is 4.74 Å². The van der Waals surface area contributed by atoms with Crippen molar-refractivity contribution in [1.82, 2.24) is 0 Å². The minimum atomic E-state index is -0.270. The van der Waals surface area contributed by atoms with Crippen LogP contribution >= 0.6 is 0 Å². The van der Waals surface area contributed by atoms with Crippen LogP contribution in [0.3, 0.4) is 0 Å². The molecule has 2 heteroatoms. The lowest BCUT2D eigenvalue weighted by Gasteiger charge is -2.08. The van der Waals surface area contributed by atoms with Gasteiger partial charge in [0.05, 0.1) is 7.11 Å². The maximum Gasteiger partial charge on any atom is 0.126 e. The van der Waals surface area contributed by atoms with Crippen LogP contribution in [0.25, 0.3) is 0 Å². The molecule has 0 aliphatic rings. The average molecular weight is 216 g/mol. The first-order valence-electron chi connectivity index (χ1n) is 5.16. The Morgan fingerprint density at radius 1 is 1.06 bits per heavy atom. The summed E-state index contributed by atoms with van der Waals surface area (Å²) in [5.41, 5.74) is 2.18. The lowest BCUT2D eigenvalue weighted by molar-refractivity contribution is 0.407. The van der Waals surface area contributed by atoms with E-state index >= 15 is 0 Å². The summed E-state index contributed by atoms with van der Waals surface area (Å²) in [6.45, 7) is 0. The van der Waals surface area contributed by atoms with Crippen molar-refractivity contribution in [1.29, 1.82) is 0 Å². The molecular formula is C14H13FO. The number of methoxy groups -OCH3 is 1. The summed E-state index contributed by atoms with van der Waals surface area (Å²) in [4.78, 5) is 0. The summed E-state index contributed by atoms with van der Waals surface area (Å²) in [7, 11) is 1.56. The van der Waals surface area contributed by atoms with Crippen LogP contribution in [0.2, 0.25) is 0 Å². The summed E-state index contributed by atoms with van der Waals surface area (Å²) in [5.74, 6) is 0.331. The molecule has 0 atom stereocenters. The molecule has 0 N–H and O–H groups in total. The van der Waals surface area contributed by atoms with E-state index < -0.39 is 0 Å². The third-order valence-corrected chi connectivity index (χ3v) is 2.49. The zero-order valence-corrected chi connectivity index (χ0v) is 9.11. The Balaban J connectivity index is 2.28. The Labute approximate surface area is 94.5 Å². The molecule has 0 aliphatic heterocycles. The van der Waals surface area contributed by atoms with Crippen LogP contribution in [0.1, 0.15) is 11.1 Å². The molecular weight excluding hydrogens is 203 g/mol. The van der Waals surface area contributed by atoms with Crippen molar-refractivity contribution in [2.45, 2.75) is 6.42 Å². The van der Waals surface area contributed by atoms with Gasteiger partial charge in [-0.2, -0.15) is 0 Å². The summed E-state index contributed by atoms with van der Waals surface area (Å²) >= 11 is 0. The third kappa shape index (κ3) is 2.40. The summed E-state index contributed by atoms with van der Waals surface area (Å²) < 4.78 is 18.2. The van der Waals surface area contributed by atoms with Gasteiger partial charge in [-0.1, -0.05) is 36.4 Å². The minimum Gasteiger partial charge on any atom is -0.496 e. The number of ether oxygens (including phenoxy) is 1. The largest absolute Gasteiger partial charge is 0.496 e. The Morgan fingerprint density at radius 2 is 1.81 bits per heavy atom. The van der Waals surface area contributed by atoms with E-state index in [9.17, 15) is 4.39 Å². The minimum absolute atomic E-state index is 0.270. The van der Waals surface area contributed by atoms with Crippen LogP contribution in [0.5, 0.6) is 5.75 Å². The van der Waals surface area contributed by atoms with Crippen LogP contribution in [-0.2, 0) is 6.42 Å². The van der Waals surface area contributed by atoms with Crippen LogP contribution in [-0.4, -0.2) is 7.11 Å². The van der Waals surface area contributed by atoms with Gasteiger partial charge in [0.2, 0.25) is 0 Å². The molecule has 2 rings (SSSR count). The molecule has 0 aromatic heterocycles. The monoisotopic (exact) mass is 216 g/mol. The fraction of sp³-hybridized carbons (Fsp3) is 0.143. The first-order chi connectivity index (χ1) is 7.79. The lowest BCUT2D eigenvalue weighted by atomic mass is 10.0. The second-order valence-electron chi connectivity index (χ2n) is 3.62. The smallest absolute Gasteiger partial charge is 0.126 e. The van der Waals surface area contributed by atoms with Crippen LogP contribution < -0.4 is 4.74 Å². The Hall–Kier alpha value is -1.83. The molecule has 0 saturated carbocycles. The highest BCUT2D eigenvalue weighted by Crippen LogP contribution is 2.22. The highest BCUT2D eigenvalue weighted by molar-refractivity contribution is 5.37. The molecule has 0 unspecified atom stereocenters. The van der Waals surface area contributed by atoms with E-state index in [1.165, 1.54) is 17.7 Å². The molecule has 0 radical (unpaired) electrons. The molecule has 2 aromatic rings. The van der Waals surface area contributed by atoms with Crippen molar-refractivity contribution in [2.24, 2.45) is 0 Å². The second-order valence-corrected chi connectivity index (χ2v) is 3.62. The molecule has 1 nitrogen and oxygen atoms in total. The van der Waals surface area contributed by atoms with Crippen molar-refractivity contribution in [3.8, 4) is 5.75 Å². The molecule has 16 heavy (non-hydrogen) atoms. The molecule has 0 heterocycles. The van der Waals surface area contributed by atoms with Crippen molar-refractivity contribution in [2.75, 3.05) is 7.11 Å². The van der Waals surface area contributed by atoms with Gasteiger partial charge in [-0.15, -0.1) is 0 Å². The fourth-order valence-corrected chi connectivity index (χ4v) is 1.68. The van der Waals surface area contributed by atoms with Gasteiger partial charge < -0.3 is 4.74 Å². The quantitative estimate of drug-likeness (QED) is 0.763. The van der Waals surface area contributed by atoms with Crippen molar-refractivity contribution >= 4 is 0 Å². The van der Waals surface area contributed by atoms with Gasteiger partial charge in [0.25, 0.3) is 0 Å². The van der Waals surface area contributed by atoms with E-state index in [-0.39, 0.29) is 5.82 Å². The molecule has 0 bridgehead atoms. The third-order valence-electron chi connectivity index (χ3n) is 2.49. The predicted octanol–water partition coefficient (Wildman–Crippen LogP) is 3.43. The number of hydrogen-bond acceptors (Lipinski definition) is 1. The highest BCUT2D eigenvalue weighted by atomic mass is 19.1. The van der Waals surface area contributed by atoms with Crippen LogP contribution in [0.15, 0.2) is 48.5 Å². The van der Waals surface area contributed by atoms with Gasteiger partial charge in [-0.05, 0) is 17.2 Å². The topological polar surface area (TPSA) is 9.23 Å². The van der Waals surface area contributed by atoms with Gasteiger partial charge in [-0.25, -0.2) is 4.39 Å². The van der Waals surface area contributed by atoms with Crippen molar-refractivity contribution < 1.29 is 9.13 Å². The second kappa shape index (κ2) is 4.79. The SMILES string of the molecule is COc1cc(F)ccc1Cc1ccccc1. The first-order valence-corrected chi connectivity index (χ1v) is 5.16. The summed E-state index contributed by atoms with van der Waals surface area (Å²) in [5, 5.41) is 0. The average Bonchev–Trinajstić information content (AvgIpc) is 2.33. The molecule has 0 fully saturated rings. The summed E-state index contributed by atoms with van der Waals surface area (Å²) in [6.07, 6.45) is 0.754. The van der Waals surface area contributed by atoms with Crippen LogP contribution in [0, 0.1) is 5.82 Å². The number of hydrogen-bond donors (Lipinski definition) is 0. The molecule has 82 valence electrons. The highest BCUT2D eigenvalue weighted by Gasteiger charge is 2.05. The van der Waals surface area contributed by atoms with Crippen molar-refractivity contribution in [3.05, 3.63) is 65.5 Å². The molecule has 2 aromatic carbocycles. The number of benzene rings is 2. The standard InChI is InChI=1S/C14H13FO/c1-16-14-10-13(15)8-7-12(14)9-11-5-3-2-4-6-11/h2-8,10H,9H2,1H3. The normalized spacial score (nSPS) is 10.1. The van der Waals surface area contributed by atoms with E-state index in [0.29, 0.717) is 5.75 Å². The maximum atomic E-state index is 13.0. The number of halogens is 1. The van der Waals surface area contributed by atoms with Crippen LogP contribution in [0.4, 0.5) is 4.39 Å². The Morgan fingerprint density at radius 3 is 2.50 bits per heavy atom. The zero-order chi connectivity index (χ0) is 11.4. The Kier molecular flexibility index (Phi) is 3.20. The molecule has 0 aliphatic carbocycles. The van der Waals surface area contributed by atoms with E-state index in [1.54, 1.807) is 13.2 Å². The fourth-order valence-electron chi connectivity index (χ4n) is 1.68. The maximum absolute atomic E-state index is 13.0. The van der Waals surface area contributed by atoms with Crippen molar-refractivity contribution in [3.63, 3.8) is 0 Å². The van der Waals surface area contributed by atoms with E-state index in [2.05, 4.69) is 0 Å². The first kappa shape index (κ1) is 10.7. The number of rotatable bonds is 3. The summed E-state index contributed by atoms with van der Waals surface area (Å²) in [6, 6.07) is 14.7. The lowest BCUT2D eigenvalue weighted by Crippen LogP contribution is -1.94. The predicted molar refractivity (Wildman–Crippen MR) is 62.2 cm³/mol. The van der Waals surface area contributed by atoms with Gasteiger partial charge in [-0.3, -0.25) is 0 Å². The zero-order valence-electron chi connectivity index (χ0n) is 9.11. The van der Waals surface area contributed by atoms with E-state index in [1.807, 2.05) is 30.3 Å². The van der Waals surface area contributed by atoms with E-state index in [0.717, 1.165) is 12.0 Å². The van der Waals surface area contributed by atoms with Gasteiger partial charge in [0, 0.05) is 12.5 Å². The van der Waals surface area contributed by atoms with Gasteiger partial charge in [0.1, 0.15) is 11.6 Å². The Bertz CT molecular complexity index is 465. The molecule has 0 saturated heterocycles. The molecule has 0 spiro atoms.